The number of fused-ring (bicyclic) bond motifs is 4. The molecule has 15 heteroatoms. The van der Waals surface area contributed by atoms with Gasteiger partial charge in [0.15, 0.2) is 11.6 Å². The van der Waals surface area contributed by atoms with E-state index < -0.39 is 18.4 Å². The van der Waals surface area contributed by atoms with Gasteiger partial charge in [0.2, 0.25) is 0 Å². The summed E-state index contributed by atoms with van der Waals surface area (Å²) < 4.78 is 11.6. The van der Waals surface area contributed by atoms with Gasteiger partial charge in [-0.05, 0) is 140 Å². The Bertz CT molecular complexity index is 4730. The van der Waals surface area contributed by atoms with Crippen LogP contribution in [-0.4, -0.2) is 136 Å². The van der Waals surface area contributed by atoms with Crippen LogP contribution in [0.5, 0.6) is 0 Å². The van der Waals surface area contributed by atoms with Crippen molar-refractivity contribution < 1.29 is 14.3 Å². The Balaban J connectivity index is 0.000000194. The number of nitrogens with one attached hydrogen (secondary N) is 1. The molecule has 11 nitrogen and oxygen atoms in total. The molecule has 0 bridgehead atoms. The van der Waals surface area contributed by atoms with E-state index in [0.717, 1.165) is 126 Å². The molecule has 608 valence electrons. The Morgan fingerprint density at radius 3 is 1.12 bits per heavy atom. The van der Waals surface area contributed by atoms with Gasteiger partial charge in [0, 0.05) is 86.1 Å². The van der Waals surface area contributed by atoms with Crippen molar-refractivity contribution in [2.45, 2.75) is 172 Å². The van der Waals surface area contributed by atoms with Gasteiger partial charge in [0.25, 0.3) is 0 Å². The fraction of sp³-hybridized carbons (Fsp3) is 0.360. The minimum absolute atomic E-state index is 0. The van der Waals surface area contributed by atoms with Crippen molar-refractivity contribution in [3.8, 4) is 45.0 Å². The molecule has 0 aliphatic carbocycles. The maximum atomic E-state index is 11.8. The molecule has 2 saturated heterocycles. The van der Waals surface area contributed by atoms with Crippen molar-refractivity contribution in [3.05, 3.63) is 275 Å². The molecule has 14 rings (SSSR count). The number of ether oxygens (including phenoxy) is 1. The van der Waals surface area contributed by atoms with Crippen LogP contribution in [0.2, 0.25) is 18.3 Å². The monoisotopic (exact) mass is 1710 g/mol. The van der Waals surface area contributed by atoms with Crippen molar-refractivity contribution >= 4 is 110 Å². The molecule has 1 N–H and O–H groups in total. The predicted octanol–water partition coefficient (Wildman–Crippen LogP) is 26.4. The van der Waals surface area contributed by atoms with E-state index in [1.165, 1.54) is 137 Å². The number of halogens is 3. The molecule has 12 aromatic rings. The minimum atomic E-state index is -2.24. The van der Waals surface area contributed by atoms with Gasteiger partial charge in [-0.2, -0.15) is 0 Å². The summed E-state index contributed by atoms with van der Waals surface area (Å²) in [7, 11) is 0. The maximum Gasteiger partial charge on any atom is 0.160 e. The zero-order chi connectivity index (χ0) is 80.3. The third-order valence-corrected chi connectivity index (χ3v) is 37.6. The second kappa shape index (κ2) is 49.8. The summed E-state index contributed by atoms with van der Waals surface area (Å²) in [6, 6.07) is 82.4. The van der Waals surface area contributed by atoms with Gasteiger partial charge in [-0.25, -0.2) is 19.9 Å². The zero-order valence-electron chi connectivity index (χ0n) is 70.1. The standard InChI is InChI=1S/C26H33N3.2C17H13NO.C15H10ClN.C9H20N2.C4H7O.3C4H9.2ClH.Sn/c1-4-28(5-2)22-15-17-29(18-16-22)20(3)24-19-26(21-11-7-6-8-12-21)27-25-14-10-9-13-23(24)25;2*1-12(19)15-11-17(13-7-3-2-4-8-13)18-16-10-6-5-9-14(15)16;16-13-10-15(11-6-2-1-3-7-11)17-14-9-5-4-8-12(13)14;1-3-11(4-2)9-5-7-10-8-6-9;1-3-5-4-2;3*1-3-4-2;;;/h6-14,19-20,22H,4-5,15-18H2,1-3H3;2*2-11H,1H3;1-10H;9-10H,3-8H2,1-2H3;1,4H2,2H3;3*1,3-4H2,2H3;2*1H;. The SMILES string of the molecule is C=[C](OCC)[Sn]([CH2]CCC)([CH2]CCC)[CH2]CCC.CC(=O)c1cc(-c2ccccc2)nc2ccccc12.CC(=O)c1cc(-c2ccccc2)nc2ccccc12.CCN(CC)C1CCN(C(C)c2cc(-c3ccccc3)nc3ccccc23)CC1.CCN(CC)C1CCNCC1.Cl.Cl.Clc1cc(-c2ccccc2)nc2ccccc12. The third-order valence-electron chi connectivity index (χ3n) is 22.3. The largest absolute Gasteiger partial charge is 0.317 e. The van der Waals surface area contributed by atoms with Crippen molar-refractivity contribution in [3.63, 3.8) is 0 Å². The Morgan fingerprint density at radius 2 is 0.765 bits per heavy atom. The van der Waals surface area contributed by atoms with Gasteiger partial charge in [-0.1, -0.05) is 233 Å². The van der Waals surface area contributed by atoms with E-state index in [1.54, 1.807) is 13.8 Å². The van der Waals surface area contributed by atoms with Gasteiger partial charge >= 0.3 is 120 Å². The minimum Gasteiger partial charge on any atom is -0.317 e. The number of Topliss-reactive ketones (excluding diaryl/α,β-unsaturated/α-hetero) is 2. The van der Waals surface area contributed by atoms with Crippen molar-refractivity contribution in [1.82, 2.24) is 40.0 Å². The number of aromatic nitrogens is 4. The smallest absolute Gasteiger partial charge is 0.160 e. The van der Waals surface area contributed by atoms with Crippen molar-refractivity contribution in [2.75, 3.05) is 59.0 Å². The van der Waals surface area contributed by atoms with E-state index >= 15 is 0 Å². The van der Waals surface area contributed by atoms with E-state index in [0.29, 0.717) is 6.04 Å². The van der Waals surface area contributed by atoms with Crippen LogP contribution in [-0.2, 0) is 4.74 Å². The Morgan fingerprint density at radius 1 is 0.452 bits per heavy atom. The van der Waals surface area contributed by atoms with Gasteiger partial charge in [-0.15, -0.1) is 24.8 Å². The van der Waals surface area contributed by atoms with Crippen LogP contribution in [0, 0.1) is 0 Å². The molecule has 8 aromatic carbocycles. The van der Waals surface area contributed by atoms with Crippen LogP contribution in [0.25, 0.3) is 88.6 Å². The van der Waals surface area contributed by atoms with E-state index in [2.05, 4.69) is 165 Å². The molecule has 0 amide bonds. The fourth-order valence-corrected chi connectivity index (χ4v) is 30.7. The first kappa shape index (κ1) is 93.9. The number of nitrogens with zero attached hydrogens (tertiary/aromatic N) is 7. The van der Waals surface area contributed by atoms with Crippen LogP contribution >= 0.6 is 36.4 Å². The van der Waals surface area contributed by atoms with Gasteiger partial charge in [-0.3, -0.25) is 14.5 Å². The number of carbonyl (C=O) groups is 2. The third kappa shape index (κ3) is 26.9. The van der Waals surface area contributed by atoms with Crippen LogP contribution in [0.3, 0.4) is 0 Å². The number of hydrogen-bond acceptors (Lipinski definition) is 11. The summed E-state index contributed by atoms with van der Waals surface area (Å²) in [5.74, 6) is 0.131. The molecular weight excluding hydrogens is 1590 g/mol. The normalized spacial score (nSPS) is 13.2. The molecule has 2 aliphatic heterocycles. The van der Waals surface area contributed by atoms with Crippen LogP contribution in [0.15, 0.2) is 253 Å². The second-order valence-corrected chi connectivity index (χ2v) is 43.2. The number of hydrogen-bond donors (Lipinski definition) is 1. The molecule has 2 fully saturated rings. The number of rotatable bonds is 26. The summed E-state index contributed by atoms with van der Waals surface area (Å²) in [4.78, 5) is 50.3. The summed E-state index contributed by atoms with van der Waals surface area (Å²) in [5.41, 5.74) is 14.6. The van der Waals surface area contributed by atoms with Gasteiger partial charge < -0.3 is 15.1 Å². The molecule has 115 heavy (non-hydrogen) atoms. The van der Waals surface area contributed by atoms with Crippen LogP contribution in [0.1, 0.15) is 173 Å². The summed E-state index contributed by atoms with van der Waals surface area (Å²) >= 11 is 4.03. The molecule has 2 aliphatic rings. The predicted molar refractivity (Wildman–Crippen MR) is 499 cm³/mol. The molecule has 0 radical (unpaired) electrons. The van der Waals surface area contributed by atoms with Crippen molar-refractivity contribution in [2.24, 2.45) is 0 Å². The van der Waals surface area contributed by atoms with Crippen LogP contribution in [0.4, 0.5) is 0 Å². The quantitative estimate of drug-likeness (QED) is 0.0317. The number of carbonyl (C=O) groups excluding carboxylic acids is 2. The van der Waals surface area contributed by atoms with Crippen molar-refractivity contribution in [1.29, 1.82) is 0 Å². The number of para-hydroxylation sites is 4. The molecule has 0 saturated carbocycles. The van der Waals surface area contributed by atoms with E-state index in [1.807, 2.05) is 182 Å². The first-order valence-electron chi connectivity index (χ1n) is 41.8. The Labute approximate surface area is 709 Å². The summed E-state index contributed by atoms with van der Waals surface area (Å²) in [6.07, 6.45) is 13.3. The van der Waals surface area contributed by atoms with E-state index in [9.17, 15) is 9.59 Å². The van der Waals surface area contributed by atoms with E-state index in [4.69, 9.17) is 21.3 Å². The molecule has 6 heterocycles. The molecule has 0 spiro atoms. The Hall–Kier alpha value is -8.21. The summed E-state index contributed by atoms with van der Waals surface area (Å²) in [5, 5.41) is 8.24. The average Bonchev–Trinajstić information content (AvgIpc) is 0.817. The number of pyridine rings is 4. The average molecular weight is 1710 g/mol. The second-order valence-electron chi connectivity index (χ2n) is 29.7. The molecular formula is C100H125Cl3N8O3Sn. The Kier molecular flexibility index (Phi) is 40.7. The zero-order valence-corrected chi connectivity index (χ0v) is 75.4. The topological polar surface area (TPSA) is 117 Å². The number of piperidine rings is 2. The van der Waals surface area contributed by atoms with Crippen LogP contribution < -0.4 is 5.32 Å². The first-order chi connectivity index (χ1) is 55.1. The number of likely N-dealkylation sites (tertiary alicyclic amines) is 1. The molecule has 1 unspecified atom stereocenters. The molecule has 4 aromatic heterocycles. The number of benzene rings is 8. The molecule has 1 atom stereocenters. The first-order valence-corrected chi connectivity index (χ1v) is 49.7. The number of unbranched alkanes of at least 4 members (excludes halogenated alkanes) is 3. The summed E-state index contributed by atoms with van der Waals surface area (Å²) in [6.45, 7) is 38.3. The van der Waals surface area contributed by atoms with Gasteiger partial charge in [0.05, 0.1) is 49.9 Å². The van der Waals surface area contributed by atoms with Gasteiger partial charge in [0.1, 0.15) is 0 Å². The number of ketones is 2. The fourth-order valence-electron chi connectivity index (χ4n) is 15.8. The van der Waals surface area contributed by atoms with E-state index in [-0.39, 0.29) is 36.4 Å². The maximum absolute atomic E-state index is 11.8.